The molecular weight excluding hydrogens is 256 g/mol. The van der Waals surface area contributed by atoms with Crippen LogP contribution in [0.1, 0.15) is 18.4 Å². The Morgan fingerprint density at radius 2 is 2.12 bits per heavy atom. The van der Waals surface area contributed by atoms with E-state index in [1.165, 1.54) is 0 Å². The predicted octanol–water partition coefficient (Wildman–Crippen LogP) is 1.92. The fourth-order valence-electron chi connectivity index (χ4n) is 1.94. The van der Waals surface area contributed by atoms with Crippen LogP contribution in [0.25, 0.3) is 0 Å². The molecule has 0 saturated carbocycles. The summed E-state index contributed by atoms with van der Waals surface area (Å²) in [4.78, 5) is 4.23. The van der Waals surface area contributed by atoms with Gasteiger partial charge in [0.25, 0.3) is 0 Å². The number of rotatable bonds is 3. The van der Waals surface area contributed by atoms with Gasteiger partial charge in [0.15, 0.2) is 0 Å². The van der Waals surface area contributed by atoms with Crippen molar-refractivity contribution in [3.63, 3.8) is 0 Å². The molecule has 1 N–H and O–H groups in total. The maximum absolute atomic E-state index is 12.1. The molecular formula is C12H19ClN2OS. The van der Waals surface area contributed by atoms with E-state index in [9.17, 15) is 4.21 Å². The van der Waals surface area contributed by atoms with E-state index in [2.05, 4.69) is 10.3 Å². The molecule has 2 rings (SSSR count). The van der Waals surface area contributed by atoms with E-state index < -0.39 is 10.8 Å². The maximum atomic E-state index is 12.1. The van der Waals surface area contributed by atoms with Gasteiger partial charge in [-0.25, -0.2) is 4.98 Å². The number of nitrogens with zero attached hydrogens (tertiary/aromatic N) is 1. The molecule has 0 spiro atoms. The smallest absolute Gasteiger partial charge is 0.127 e. The summed E-state index contributed by atoms with van der Waals surface area (Å²) >= 11 is 0. The van der Waals surface area contributed by atoms with Gasteiger partial charge in [0.05, 0.1) is 10.8 Å². The molecule has 1 saturated heterocycles. The molecule has 1 aliphatic rings. The molecule has 1 aromatic heterocycles. The Kier molecular flexibility index (Phi) is 6.09. The summed E-state index contributed by atoms with van der Waals surface area (Å²) in [6, 6.07) is 3.86. The molecule has 0 aliphatic carbocycles. The molecule has 1 fully saturated rings. The highest BCUT2D eigenvalue weighted by molar-refractivity contribution is 7.84. The van der Waals surface area contributed by atoms with Gasteiger partial charge in [0.1, 0.15) is 5.03 Å². The van der Waals surface area contributed by atoms with Crippen molar-refractivity contribution in [2.75, 3.05) is 18.8 Å². The van der Waals surface area contributed by atoms with Crippen LogP contribution in [0.3, 0.4) is 0 Å². The molecule has 96 valence electrons. The fraction of sp³-hybridized carbons (Fsp3) is 0.583. The molecule has 3 nitrogen and oxygen atoms in total. The van der Waals surface area contributed by atoms with Gasteiger partial charge in [-0.05, 0) is 50.4 Å². The van der Waals surface area contributed by atoms with Gasteiger partial charge in [0, 0.05) is 11.9 Å². The Bertz CT molecular complexity index is 363. The zero-order chi connectivity index (χ0) is 11.4. The monoisotopic (exact) mass is 274 g/mol. The Morgan fingerprint density at radius 1 is 1.41 bits per heavy atom. The molecule has 1 aromatic rings. The highest BCUT2D eigenvalue weighted by atomic mass is 35.5. The summed E-state index contributed by atoms with van der Waals surface area (Å²) in [5, 5.41) is 4.05. The van der Waals surface area contributed by atoms with Gasteiger partial charge < -0.3 is 5.32 Å². The van der Waals surface area contributed by atoms with E-state index in [1.54, 1.807) is 6.20 Å². The van der Waals surface area contributed by atoms with Crippen LogP contribution in [0.15, 0.2) is 23.4 Å². The minimum absolute atomic E-state index is 0. The van der Waals surface area contributed by atoms with Crippen LogP contribution in [-0.2, 0) is 10.8 Å². The number of pyridine rings is 1. The van der Waals surface area contributed by atoms with Gasteiger partial charge in [-0.1, -0.05) is 6.07 Å². The summed E-state index contributed by atoms with van der Waals surface area (Å²) in [6.45, 7) is 4.11. The number of hydrogen-bond donors (Lipinski definition) is 1. The van der Waals surface area contributed by atoms with Gasteiger partial charge in [-0.2, -0.15) is 0 Å². The molecule has 2 heterocycles. The molecule has 0 radical (unpaired) electrons. The molecule has 1 unspecified atom stereocenters. The van der Waals surface area contributed by atoms with Crippen molar-refractivity contribution >= 4 is 23.2 Å². The Morgan fingerprint density at radius 3 is 2.71 bits per heavy atom. The second kappa shape index (κ2) is 7.09. The van der Waals surface area contributed by atoms with Crippen LogP contribution in [-0.4, -0.2) is 28.0 Å². The van der Waals surface area contributed by atoms with Crippen LogP contribution < -0.4 is 5.32 Å². The van der Waals surface area contributed by atoms with Crippen molar-refractivity contribution < 1.29 is 4.21 Å². The summed E-state index contributed by atoms with van der Waals surface area (Å²) in [5.74, 6) is 1.35. The van der Waals surface area contributed by atoms with Crippen molar-refractivity contribution in [2.24, 2.45) is 5.92 Å². The van der Waals surface area contributed by atoms with E-state index in [1.807, 2.05) is 19.1 Å². The maximum Gasteiger partial charge on any atom is 0.127 e. The van der Waals surface area contributed by atoms with E-state index in [0.717, 1.165) is 42.3 Å². The summed E-state index contributed by atoms with van der Waals surface area (Å²) in [7, 11) is -0.928. The molecule has 0 bridgehead atoms. The minimum Gasteiger partial charge on any atom is -0.317 e. The van der Waals surface area contributed by atoms with Gasteiger partial charge >= 0.3 is 0 Å². The average Bonchev–Trinajstić information content (AvgIpc) is 2.31. The normalized spacial score (nSPS) is 18.4. The third kappa shape index (κ3) is 4.37. The van der Waals surface area contributed by atoms with E-state index in [-0.39, 0.29) is 12.4 Å². The predicted molar refractivity (Wildman–Crippen MR) is 73.1 cm³/mol. The quantitative estimate of drug-likeness (QED) is 0.916. The van der Waals surface area contributed by atoms with Crippen LogP contribution in [0.4, 0.5) is 0 Å². The number of halogens is 1. The molecule has 1 aliphatic heterocycles. The number of hydrogen-bond acceptors (Lipinski definition) is 3. The van der Waals surface area contributed by atoms with Crippen molar-refractivity contribution in [3.05, 3.63) is 23.9 Å². The summed E-state index contributed by atoms with van der Waals surface area (Å²) in [6.07, 6.45) is 4.06. The first-order valence-electron chi connectivity index (χ1n) is 5.77. The van der Waals surface area contributed by atoms with Crippen LogP contribution >= 0.6 is 12.4 Å². The number of aryl methyl sites for hydroxylation is 1. The number of aromatic nitrogens is 1. The summed E-state index contributed by atoms with van der Waals surface area (Å²) < 4.78 is 12.1. The topological polar surface area (TPSA) is 42.0 Å². The zero-order valence-electron chi connectivity index (χ0n) is 10.0. The van der Waals surface area contributed by atoms with E-state index in [4.69, 9.17) is 0 Å². The van der Waals surface area contributed by atoms with Gasteiger partial charge in [-0.15, -0.1) is 12.4 Å². The molecule has 0 amide bonds. The second-order valence-electron chi connectivity index (χ2n) is 4.38. The lowest BCUT2D eigenvalue weighted by Crippen LogP contribution is -2.30. The first-order chi connectivity index (χ1) is 7.75. The van der Waals surface area contributed by atoms with Crippen molar-refractivity contribution in [3.8, 4) is 0 Å². The highest BCUT2D eigenvalue weighted by Crippen LogP contribution is 2.16. The largest absolute Gasteiger partial charge is 0.317 e. The van der Waals surface area contributed by atoms with Crippen LogP contribution in [0, 0.1) is 12.8 Å². The van der Waals surface area contributed by atoms with Gasteiger partial charge in [-0.3, -0.25) is 4.21 Å². The molecule has 5 heteroatoms. The van der Waals surface area contributed by atoms with E-state index in [0.29, 0.717) is 5.92 Å². The average molecular weight is 275 g/mol. The third-order valence-corrected chi connectivity index (χ3v) is 4.45. The fourth-order valence-corrected chi connectivity index (χ4v) is 3.26. The Hall–Kier alpha value is -0.450. The standard InChI is InChI=1S/C12H18N2OS.ClH/c1-10-2-3-12(14-8-10)16(15)9-11-4-6-13-7-5-11;/h2-3,8,11,13H,4-7,9H2,1H3;1H. The lowest BCUT2D eigenvalue weighted by atomic mass is 10.0. The lowest BCUT2D eigenvalue weighted by Gasteiger charge is -2.21. The highest BCUT2D eigenvalue weighted by Gasteiger charge is 2.17. The molecule has 1 atom stereocenters. The Balaban J connectivity index is 0.00000144. The third-order valence-electron chi connectivity index (χ3n) is 2.96. The van der Waals surface area contributed by atoms with Crippen LogP contribution in [0.5, 0.6) is 0 Å². The second-order valence-corrected chi connectivity index (χ2v) is 5.82. The van der Waals surface area contributed by atoms with E-state index >= 15 is 0 Å². The van der Waals surface area contributed by atoms with Crippen LogP contribution in [0.2, 0.25) is 0 Å². The molecule has 0 aromatic carbocycles. The SMILES string of the molecule is Cc1ccc(S(=O)CC2CCNCC2)nc1.Cl. The Labute approximate surface area is 111 Å². The minimum atomic E-state index is -0.928. The van der Waals surface area contributed by atoms with Gasteiger partial charge in [0.2, 0.25) is 0 Å². The first-order valence-corrected chi connectivity index (χ1v) is 7.09. The van der Waals surface area contributed by atoms with Crippen molar-refractivity contribution in [1.82, 2.24) is 10.3 Å². The zero-order valence-corrected chi connectivity index (χ0v) is 11.6. The first kappa shape index (κ1) is 14.6. The number of nitrogens with one attached hydrogen (secondary N) is 1. The number of piperidine rings is 1. The lowest BCUT2D eigenvalue weighted by molar-refractivity contribution is 0.405. The van der Waals surface area contributed by atoms with Crippen molar-refractivity contribution in [2.45, 2.75) is 24.8 Å². The molecule has 17 heavy (non-hydrogen) atoms. The van der Waals surface area contributed by atoms with Crippen molar-refractivity contribution in [1.29, 1.82) is 0 Å². The summed E-state index contributed by atoms with van der Waals surface area (Å²) in [5.41, 5.74) is 1.11.